The quantitative estimate of drug-likeness (QED) is 0.209. The van der Waals surface area contributed by atoms with Gasteiger partial charge in [0.1, 0.15) is 5.75 Å². The number of alkyl halides is 3. The van der Waals surface area contributed by atoms with Crippen molar-refractivity contribution in [2.75, 3.05) is 13.1 Å². The number of ether oxygens (including phenoxy) is 1. The van der Waals surface area contributed by atoms with E-state index in [4.69, 9.17) is 39.5 Å². The topological polar surface area (TPSA) is 72.7 Å². The van der Waals surface area contributed by atoms with Gasteiger partial charge in [0.05, 0.1) is 5.92 Å². The first-order chi connectivity index (χ1) is 14.1. The number of ketones is 1. The van der Waals surface area contributed by atoms with Crippen LogP contribution in [0.5, 0.6) is 5.75 Å². The molecule has 1 saturated heterocycles. The van der Waals surface area contributed by atoms with Gasteiger partial charge in [-0.2, -0.15) is 0 Å². The number of piperidine rings is 1. The fraction of sp³-hybridized carbons (Fsp3) is 0.550. The maximum absolute atomic E-state index is 12.1. The van der Waals surface area contributed by atoms with Crippen molar-refractivity contribution in [3.63, 3.8) is 0 Å². The first kappa shape index (κ1) is 23.6. The third-order valence-electron chi connectivity index (χ3n) is 5.47. The molecule has 2 aliphatic rings. The number of carbonyl (C=O) groups excluding carboxylic acids is 1. The monoisotopic (exact) mass is 538 g/mol. The van der Waals surface area contributed by atoms with Gasteiger partial charge in [-0.3, -0.25) is 14.9 Å². The average Bonchev–Trinajstić information content (AvgIpc) is 2.66. The van der Waals surface area contributed by atoms with Crippen molar-refractivity contribution >= 4 is 56.5 Å². The van der Waals surface area contributed by atoms with Gasteiger partial charge in [-0.05, 0) is 50.5 Å². The number of rotatable bonds is 5. The van der Waals surface area contributed by atoms with E-state index in [1.165, 1.54) is 6.92 Å². The van der Waals surface area contributed by atoms with Crippen LogP contribution >= 0.6 is 50.7 Å². The number of likely N-dealkylation sites (tertiary alicyclic amines) is 1. The van der Waals surface area contributed by atoms with Gasteiger partial charge in [0, 0.05) is 40.2 Å². The molecule has 0 saturated carbocycles. The van der Waals surface area contributed by atoms with E-state index in [2.05, 4.69) is 20.8 Å². The number of nitro groups is 1. The Kier molecular flexibility index (Phi) is 7.59. The van der Waals surface area contributed by atoms with Crippen molar-refractivity contribution in [3.05, 3.63) is 50.1 Å². The van der Waals surface area contributed by atoms with E-state index in [9.17, 15) is 14.9 Å². The molecule has 10 heteroatoms. The number of benzene rings is 1. The molecule has 0 N–H and O–H groups in total. The van der Waals surface area contributed by atoms with Gasteiger partial charge in [0.15, 0.2) is 5.78 Å². The van der Waals surface area contributed by atoms with E-state index in [0.717, 1.165) is 42.5 Å². The smallest absolute Gasteiger partial charge is 0.260 e. The third kappa shape index (κ3) is 5.42. The molecule has 2 heterocycles. The van der Waals surface area contributed by atoms with Crippen LogP contribution in [-0.2, 0) is 4.79 Å². The summed E-state index contributed by atoms with van der Waals surface area (Å²) in [5, 5.41) is 12.1. The predicted octanol–water partition coefficient (Wildman–Crippen LogP) is 5.66. The van der Waals surface area contributed by atoms with Crippen LogP contribution in [0.25, 0.3) is 0 Å². The van der Waals surface area contributed by atoms with Crippen LogP contribution in [0.4, 0.5) is 0 Å². The number of hydrogen-bond donors (Lipinski definition) is 0. The zero-order valence-corrected chi connectivity index (χ0v) is 20.2. The lowest BCUT2D eigenvalue weighted by atomic mass is 9.82. The largest absolute Gasteiger partial charge is 0.478 e. The number of carbonyl (C=O) groups is 1. The SMILES string of the molecule is CC(=O)/C=C(\C[C@@H]1c2cc(Br)ccc2O[C@@H](C(Cl)(Cl)Cl)[C@H]1[N+](=O)[O-])N1CCCCC1. The number of hydrogen-bond acceptors (Lipinski definition) is 5. The van der Waals surface area contributed by atoms with Gasteiger partial charge in [-0.15, -0.1) is 0 Å². The highest BCUT2D eigenvalue weighted by molar-refractivity contribution is 9.10. The molecule has 0 radical (unpaired) electrons. The fourth-order valence-corrected chi connectivity index (χ4v) is 5.09. The van der Waals surface area contributed by atoms with Gasteiger partial charge < -0.3 is 9.64 Å². The average molecular weight is 541 g/mol. The summed E-state index contributed by atoms with van der Waals surface area (Å²) in [5.74, 6) is -0.291. The molecule has 3 atom stereocenters. The molecule has 164 valence electrons. The van der Waals surface area contributed by atoms with Crippen LogP contribution in [0, 0.1) is 10.1 Å². The van der Waals surface area contributed by atoms with Crippen LogP contribution in [-0.4, -0.2) is 44.6 Å². The molecule has 0 unspecified atom stereocenters. The highest BCUT2D eigenvalue weighted by Crippen LogP contribution is 2.48. The molecular formula is C20H22BrCl3N2O4. The molecule has 3 rings (SSSR count). The molecule has 1 aromatic rings. The van der Waals surface area contributed by atoms with Crippen molar-refractivity contribution in [3.8, 4) is 5.75 Å². The zero-order valence-electron chi connectivity index (χ0n) is 16.3. The molecule has 6 nitrogen and oxygen atoms in total. The Balaban J connectivity index is 2.08. The minimum absolute atomic E-state index is 0.104. The first-order valence-electron chi connectivity index (χ1n) is 9.70. The van der Waals surface area contributed by atoms with Gasteiger partial charge in [0.2, 0.25) is 9.90 Å². The predicted molar refractivity (Wildman–Crippen MR) is 121 cm³/mol. The number of halogens is 4. The fourth-order valence-electron chi connectivity index (χ4n) is 4.19. The van der Waals surface area contributed by atoms with E-state index in [1.807, 2.05) is 0 Å². The summed E-state index contributed by atoms with van der Waals surface area (Å²) < 4.78 is 4.58. The highest BCUT2D eigenvalue weighted by atomic mass is 79.9. The summed E-state index contributed by atoms with van der Waals surface area (Å²) in [4.78, 5) is 25.8. The molecule has 1 fully saturated rings. The number of nitrogens with zero attached hydrogens (tertiary/aromatic N) is 2. The van der Waals surface area contributed by atoms with Crippen molar-refractivity contribution in [2.45, 2.75) is 54.5 Å². The number of fused-ring (bicyclic) bond motifs is 1. The van der Waals surface area contributed by atoms with E-state index < -0.39 is 26.8 Å². The Morgan fingerprint density at radius 3 is 2.57 bits per heavy atom. The maximum Gasteiger partial charge on any atom is 0.260 e. The van der Waals surface area contributed by atoms with Gasteiger partial charge >= 0.3 is 0 Å². The molecule has 0 amide bonds. The third-order valence-corrected chi connectivity index (χ3v) is 6.61. The molecular weight excluding hydrogens is 518 g/mol. The van der Waals surface area contributed by atoms with E-state index >= 15 is 0 Å². The summed E-state index contributed by atoms with van der Waals surface area (Å²) in [5.41, 5.74) is 1.43. The molecule has 0 spiro atoms. The Labute approximate surface area is 198 Å². The van der Waals surface area contributed by atoms with Crippen LogP contribution < -0.4 is 4.74 Å². The molecule has 0 bridgehead atoms. The minimum Gasteiger partial charge on any atom is -0.478 e. The van der Waals surface area contributed by atoms with Crippen molar-refractivity contribution in [2.24, 2.45) is 0 Å². The lowest BCUT2D eigenvalue weighted by Gasteiger charge is -2.39. The molecule has 2 aliphatic heterocycles. The van der Waals surface area contributed by atoms with Gasteiger partial charge in [-0.25, -0.2) is 0 Å². The second kappa shape index (κ2) is 9.63. The molecule has 1 aromatic carbocycles. The lowest BCUT2D eigenvalue weighted by Crippen LogP contribution is -2.52. The molecule has 0 aliphatic carbocycles. The van der Waals surface area contributed by atoms with Crippen molar-refractivity contribution < 1.29 is 14.5 Å². The van der Waals surface area contributed by atoms with Crippen LogP contribution in [0.1, 0.15) is 44.1 Å². The van der Waals surface area contributed by atoms with Gasteiger partial charge in [0.25, 0.3) is 6.04 Å². The first-order valence-corrected chi connectivity index (χ1v) is 11.6. The second-order valence-electron chi connectivity index (χ2n) is 7.64. The summed E-state index contributed by atoms with van der Waals surface area (Å²) >= 11 is 21.7. The Hall–Kier alpha value is -1.02. The number of allylic oxidation sites excluding steroid dienone is 2. The maximum atomic E-state index is 12.1. The Morgan fingerprint density at radius 1 is 1.33 bits per heavy atom. The standard InChI is InChI=1S/C20H22BrCl3N2O4/c1-12(27)9-14(25-7-3-2-4-8-25)11-16-15-10-13(21)5-6-17(15)30-19(20(22,23)24)18(16)26(28)29/h5-6,9-10,16,18-19H,2-4,7-8,11H2,1H3/b14-9+/t16-,18+,19-/m1/s1. The van der Waals surface area contributed by atoms with Crippen LogP contribution in [0.2, 0.25) is 0 Å². The molecule has 0 aromatic heterocycles. The summed E-state index contributed by atoms with van der Waals surface area (Å²) in [7, 11) is 0. The van der Waals surface area contributed by atoms with Crippen LogP contribution in [0.15, 0.2) is 34.4 Å². The summed E-state index contributed by atoms with van der Waals surface area (Å²) in [6.07, 6.45) is 3.73. The Bertz CT molecular complexity index is 853. The van der Waals surface area contributed by atoms with E-state index in [0.29, 0.717) is 11.3 Å². The van der Waals surface area contributed by atoms with Crippen molar-refractivity contribution in [1.82, 2.24) is 4.90 Å². The molecule has 30 heavy (non-hydrogen) atoms. The summed E-state index contributed by atoms with van der Waals surface area (Å²) in [6, 6.07) is 3.99. The van der Waals surface area contributed by atoms with Gasteiger partial charge in [-0.1, -0.05) is 50.7 Å². The van der Waals surface area contributed by atoms with E-state index in [-0.39, 0.29) is 12.2 Å². The van der Waals surface area contributed by atoms with E-state index in [1.54, 1.807) is 24.3 Å². The minimum atomic E-state index is -1.99. The zero-order chi connectivity index (χ0) is 22.1. The normalized spacial score (nSPS) is 24.8. The summed E-state index contributed by atoms with van der Waals surface area (Å²) in [6.45, 7) is 3.10. The Morgan fingerprint density at radius 2 is 2.00 bits per heavy atom. The van der Waals surface area contributed by atoms with Crippen molar-refractivity contribution in [1.29, 1.82) is 0 Å². The van der Waals surface area contributed by atoms with Crippen LogP contribution in [0.3, 0.4) is 0 Å². The second-order valence-corrected chi connectivity index (χ2v) is 10.9. The lowest BCUT2D eigenvalue weighted by molar-refractivity contribution is -0.538. The highest BCUT2D eigenvalue weighted by Gasteiger charge is 2.55.